The first-order valence-corrected chi connectivity index (χ1v) is 32.4. The van der Waals surface area contributed by atoms with Gasteiger partial charge in [-0.05, 0) is 63.0 Å². The maximum Gasteiger partial charge on any atom is 0.320 e. The first kappa shape index (κ1) is 83.4. The third-order valence-electron chi connectivity index (χ3n) is 12.5. The maximum absolute atomic E-state index is 13.6. The molecule has 0 aromatic heterocycles. The van der Waals surface area contributed by atoms with Crippen LogP contribution in [0.15, 0.2) is 12.2 Å². The average Bonchev–Trinajstić information content (AvgIpc) is 3.43. The molecule has 0 N–H and O–H groups in total. The number of carbonyl (C=O) groups is 7. The van der Waals surface area contributed by atoms with Crippen LogP contribution in [0.25, 0.3) is 0 Å². The standard InChI is InChI=1S/C55H100N2O12.C5H10O2.C3H8.C2H6/c1-8-14-18-22-26-30-36-64-50(58)41-56(42-51(59)65-37-31-27-23-19-15-9-2)45-54(62)68-48(13-6)34-35-49(40-47(7)12-5)69-55(63)46-57(43-52(60)66-38-32-28-24-20-16-10-3)44-53(61)67-39-33-29-25-21-17-11-4;1-3-4-7-5(2)6;1-3-2;1-2/h34-35,47-49H,8-33,36-46H2,1-7H3;3-4H2,1-2H3;3H2,1-2H3;1-2H3/b35-34-;;;. The van der Waals surface area contributed by atoms with Crippen molar-refractivity contribution in [3.63, 3.8) is 0 Å². The van der Waals surface area contributed by atoms with Crippen LogP contribution in [0.5, 0.6) is 0 Å². The van der Waals surface area contributed by atoms with Crippen LogP contribution in [-0.4, -0.2) is 136 Å². The number of esters is 7. The minimum absolute atomic E-state index is 0.176. The molecule has 0 aliphatic carbocycles. The van der Waals surface area contributed by atoms with Gasteiger partial charge < -0.3 is 33.2 Å². The lowest BCUT2D eigenvalue weighted by Crippen LogP contribution is -2.41. The molecule has 0 amide bonds. The van der Waals surface area contributed by atoms with E-state index in [1.807, 2.05) is 41.5 Å². The maximum atomic E-state index is 13.6. The third-order valence-corrected chi connectivity index (χ3v) is 12.5. The van der Waals surface area contributed by atoms with E-state index >= 15 is 0 Å². The van der Waals surface area contributed by atoms with Crippen LogP contribution in [0.1, 0.15) is 276 Å². The Kier molecular flexibility index (Phi) is 67.0. The van der Waals surface area contributed by atoms with Crippen molar-refractivity contribution < 1.29 is 66.7 Å². The zero-order valence-electron chi connectivity index (χ0n) is 54.3. The van der Waals surface area contributed by atoms with E-state index < -0.39 is 48.0 Å². The van der Waals surface area contributed by atoms with E-state index in [1.54, 1.807) is 12.2 Å². The summed E-state index contributed by atoms with van der Waals surface area (Å²) in [5, 5.41) is 0. The molecule has 0 aliphatic heterocycles. The molecular formula is C65H124N2O14. The monoisotopic (exact) mass is 1160 g/mol. The number of unbranched alkanes of at least 4 members (excludes halogenated alkanes) is 20. The predicted molar refractivity (Wildman–Crippen MR) is 328 cm³/mol. The van der Waals surface area contributed by atoms with Crippen molar-refractivity contribution in [3.8, 4) is 0 Å². The Balaban J connectivity index is -0.00000223. The minimum Gasteiger partial charge on any atom is -0.466 e. The third kappa shape index (κ3) is 63.4. The van der Waals surface area contributed by atoms with Crippen molar-refractivity contribution in [2.45, 2.75) is 288 Å². The molecular weight excluding hydrogens is 1030 g/mol. The summed E-state index contributed by atoms with van der Waals surface area (Å²) in [4.78, 5) is 91.3. The van der Waals surface area contributed by atoms with Crippen molar-refractivity contribution in [1.29, 1.82) is 0 Å². The first-order valence-electron chi connectivity index (χ1n) is 32.4. The fourth-order valence-corrected chi connectivity index (χ4v) is 7.78. The quantitative estimate of drug-likeness (QED) is 0.0242. The first-order chi connectivity index (χ1) is 39.1. The van der Waals surface area contributed by atoms with Gasteiger partial charge in [-0.2, -0.15) is 0 Å². The Labute approximate surface area is 495 Å². The Hall–Kier alpha value is -4.05. The van der Waals surface area contributed by atoms with Gasteiger partial charge in [0.25, 0.3) is 0 Å². The molecule has 0 saturated heterocycles. The highest BCUT2D eigenvalue weighted by molar-refractivity contribution is 5.79. The van der Waals surface area contributed by atoms with Gasteiger partial charge in [-0.3, -0.25) is 43.4 Å². The molecule has 0 bridgehead atoms. The number of hydrogen-bond acceptors (Lipinski definition) is 16. The summed E-state index contributed by atoms with van der Waals surface area (Å²) in [5.41, 5.74) is 0. The Morgan fingerprint density at radius 2 is 0.617 bits per heavy atom. The van der Waals surface area contributed by atoms with Gasteiger partial charge in [-0.15, -0.1) is 0 Å². The van der Waals surface area contributed by atoms with E-state index in [-0.39, 0.29) is 77.6 Å². The predicted octanol–water partition coefficient (Wildman–Crippen LogP) is 14.8. The highest BCUT2D eigenvalue weighted by Gasteiger charge is 2.25. The van der Waals surface area contributed by atoms with Crippen LogP contribution in [0, 0.1) is 5.92 Å². The van der Waals surface area contributed by atoms with Crippen LogP contribution in [0.3, 0.4) is 0 Å². The molecule has 0 spiro atoms. The molecule has 0 aromatic carbocycles. The Morgan fingerprint density at radius 1 is 0.346 bits per heavy atom. The second-order valence-electron chi connectivity index (χ2n) is 20.9. The number of nitrogens with zero attached hydrogens (tertiary/aromatic N) is 2. The topological polar surface area (TPSA) is 191 Å². The van der Waals surface area contributed by atoms with Gasteiger partial charge >= 0.3 is 41.8 Å². The van der Waals surface area contributed by atoms with E-state index in [0.29, 0.717) is 19.4 Å². The van der Waals surface area contributed by atoms with Gasteiger partial charge in [-0.25, -0.2) is 0 Å². The molecule has 3 atom stereocenters. The van der Waals surface area contributed by atoms with E-state index in [4.69, 9.17) is 28.4 Å². The summed E-state index contributed by atoms with van der Waals surface area (Å²) in [7, 11) is 0. The van der Waals surface area contributed by atoms with E-state index in [9.17, 15) is 33.6 Å². The van der Waals surface area contributed by atoms with E-state index in [0.717, 1.165) is 141 Å². The number of ether oxygens (including phenoxy) is 7. The number of rotatable bonds is 50. The second kappa shape index (κ2) is 65.1. The van der Waals surface area contributed by atoms with Gasteiger partial charge in [0.15, 0.2) is 0 Å². The molecule has 0 heterocycles. The minimum atomic E-state index is -0.698. The van der Waals surface area contributed by atoms with Crippen molar-refractivity contribution in [3.05, 3.63) is 12.2 Å². The fraction of sp³-hybridized carbons (Fsp3) is 0.862. The molecule has 0 fully saturated rings. The van der Waals surface area contributed by atoms with E-state index in [2.05, 4.69) is 46.3 Å². The summed E-state index contributed by atoms with van der Waals surface area (Å²) in [5.74, 6) is -3.41. The number of carbonyl (C=O) groups excluding carboxylic acids is 7. The number of hydrogen-bond donors (Lipinski definition) is 0. The molecule has 478 valence electrons. The van der Waals surface area contributed by atoms with Gasteiger partial charge in [0.05, 0.1) is 72.3 Å². The van der Waals surface area contributed by atoms with Crippen LogP contribution in [-0.2, 0) is 66.7 Å². The van der Waals surface area contributed by atoms with Crippen LogP contribution < -0.4 is 0 Å². The normalized spacial score (nSPS) is 11.9. The second-order valence-corrected chi connectivity index (χ2v) is 20.9. The smallest absolute Gasteiger partial charge is 0.320 e. The average molecular weight is 1160 g/mol. The van der Waals surface area contributed by atoms with Crippen LogP contribution in [0.2, 0.25) is 0 Å². The molecule has 0 radical (unpaired) electrons. The highest BCUT2D eigenvalue weighted by atomic mass is 16.6. The van der Waals surface area contributed by atoms with Crippen molar-refractivity contribution >= 4 is 41.8 Å². The summed E-state index contributed by atoms with van der Waals surface area (Å²) in [6.07, 6.45) is 30.9. The molecule has 3 unspecified atom stereocenters. The zero-order chi connectivity index (χ0) is 61.6. The largest absolute Gasteiger partial charge is 0.466 e. The van der Waals surface area contributed by atoms with E-state index in [1.165, 1.54) is 48.8 Å². The lowest BCUT2D eigenvalue weighted by molar-refractivity contribution is -0.156. The van der Waals surface area contributed by atoms with Crippen LogP contribution >= 0.6 is 0 Å². The van der Waals surface area contributed by atoms with Crippen LogP contribution in [0.4, 0.5) is 0 Å². The SMILES string of the molecule is CC.CCC.CCCCCCCCOC(=O)CN(CC(=O)OCCCCCCCC)CC(=O)OC(/C=C\C(CC(C)CC)OC(=O)CN(CC(=O)OCCCCCCCC)CC(=O)OCCCCCCCC)CC.CCCOC(C)=O. The van der Waals surface area contributed by atoms with Crippen molar-refractivity contribution in [1.82, 2.24) is 9.80 Å². The molecule has 16 heteroatoms. The molecule has 81 heavy (non-hydrogen) atoms. The molecule has 0 aromatic rings. The van der Waals surface area contributed by atoms with Gasteiger partial charge in [0.1, 0.15) is 12.2 Å². The zero-order valence-corrected chi connectivity index (χ0v) is 54.3. The Bertz CT molecular complexity index is 1450. The Morgan fingerprint density at radius 3 is 0.877 bits per heavy atom. The summed E-state index contributed by atoms with van der Waals surface area (Å²) in [6, 6.07) is 0. The summed E-state index contributed by atoms with van der Waals surface area (Å²) < 4.78 is 38.3. The lowest BCUT2D eigenvalue weighted by atomic mass is 10.0. The highest BCUT2D eigenvalue weighted by Crippen LogP contribution is 2.16. The van der Waals surface area contributed by atoms with Crippen molar-refractivity contribution in [2.75, 3.05) is 72.3 Å². The van der Waals surface area contributed by atoms with Crippen molar-refractivity contribution in [2.24, 2.45) is 5.92 Å². The van der Waals surface area contributed by atoms with Gasteiger partial charge in [0, 0.05) is 6.92 Å². The lowest BCUT2D eigenvalue weighted by Gasteiger charge is -2.23. The summed E-state index contributed by atoms with van der Waals surface area (Å²) in [6.45, 7) is 26.1. The fourth-order valence-electron chi connectivity index (χ4n) is 7.78. The molecule has 0 aliphatic rings. The summed E-state index contributed by atoms with van der Waals surface area (Å²) >= 11 is 0. The molecule has 0 saturated carbocycles. The molecule has 16 nitrogen and oxygen atoms in total. The van der Waals surface area contributed by atoms with Gasteiger partial charge in [0.2, 0.25) is 0 Å². The molecule has 0 rings (SSSR count). The van der Waals surface area contributed by atoms with Gasteiger partial charge in [-0.1, -0.05) is 224 Å².